The van der Waals surface area contributed by atoms with E-state index in [9.17, 15) is 5.11 Å². The smallest absolute Gasteiger partial charge is 0.0586 e. The van der Waals surface area contributed by atoms with E-state index >= 15 is 0 Å². The zero-order valence-electron chi connectivity index (χ0n) is 12.8. The predicted octanol–water partition coefficient (Wildman–Crippen LogP) is 1.55. The van der Waals surface area contributed by atoms with Gasteiger partial charge in [0.05, 0.1) is 6.61 Å². The topological polar surface area (TPSA) is 39.6 Å². The van der Waals surface area contributed by atoms with E-state index < -0.39 is 0 Å². The average Bonchev–Trinajstić information content (AvgIpc) is 3.16. The second-order valence-electron chi connectivity index (χ2n) is 6.41. The molecule has 0 aromatic carbocycles. The monoisotopic (exact) mass is 289 g/mol. The fraction of sp³-hybridized carbons (Fsp3) is 0.706. The molecule has 2 aliphatic heterocycles. The molecule has 0 radical (unpaired) electrons. The Hall–Kier alpha value is -0.970. The van der Waals surface area contributed by atoms with E-state index in [0.717, 1.165) is 19.5 Å². The first-order valence-corrected chi connectivity index (χ1v) is 8.34. The van der Waals surface area contributed by atoms with Crippen molar-refractivity contribution in [3.63, 3.8) is 0 Å². The second-order valence-corrected chi connectivity index (χ2v) is 6.41. The first kappa shape index (κ1) is 14.9. The lowest BCUT2D eigenvalue weighted by atomic mass is 10.1. The normalized spacial score (nSPS) is 27.5. The summed E-state index contributed by atoms with van der Waals surface area (Å²) in [6.45, 7) is 5.00. The highest BCUT2D eigenvalue weighted by atomic mass is 16.3. The number of pyridine rings is 1. The molecule has 3 heterocycles. The van der Waals surface area contributed by atoms with E-state index in [2.05, 4.69) is 26.9 Å². The maximum absolute atomic E-state index is 9.47. The van der Waals surface area contributed by atoms with Crippen LogP contribution in [0.15, 0.2) is 24.5 Å². The van der Waals surface area contributed by atoms with Crippen LogP contribution in [0, 0.1) is 0 Å². The number of likely N-dealkylation sites (tertiary alicyclic amines) is 2. The van der Waals surface area contributed by atoms with Crippen molar-refractivity contribution in [2.24, 2.45) is 0 Å². The Labute approximate surface area is 127 Å². The first-order valence-electron chi connectivity index (χ1n) is 8.34. The van der Waals surface area contributed by atoms with Crippen LogP contribution in [-0.4, -0.2) is 64.8 Å². The van der Waals surface area contributed by atoms with Crippen LogP contribution >= 0.6 is 0 Å². The summed E-state index contributed by atoms with van der Waals surface area (Å²) in [6.07, 6.45) is 9.92. The van der Waals surface area contributed by atoms with Gasteiger partial charge in [-0.15, -0.1) is 0 Å². The van der Waals surface area contributed by atoms with Crippen molar-refractivity contribution < 1.29 is 5.11 Å². The summed E-state index contributed by atoms with van der Waals surface area (Å²) >= 11 is 0. The first-order chi connectivity index (χ1) is 10.4. The van der Waals surface area contributed by atoms with Gasteiger partial charge in [0.15, 0.2) is 0 Å². The third kappa shape index (κ3) is 3.82. The molecule has 0 spiro atoms. The number of aliphatic hydroxyl groups excluding tert-OH is 1. The maximum atomic E-state index is 9.47. The lowest BCUT2D eigenvalue weighted by molar-refractivity contribution is 0.123. The van der Waals surface area contributed by atoms with E-state index in [4.69, 9.17) is 0 Å². The van der Waals surface area contributed by atoms with Crippen LogP contribution in [0.4, 0.5) is 0 Å². The quantitative estimate of drug-likeness (QED) is 0.862. The fourth-order valence-electron chi connectivity index (χ4n) is 3.83. The standard InChI is InChI=1S/C17H27N3O/c21-14-17-4-2-11-20(17)13-16-3-1-10-19(16)12-7-15-5-8-18-9-6-15/h5-6,8-9,16-17,21H,1-4,7,10-14H2. The highest BCUT2D eigenvalue weighted by Crippen LogP contribution is 2.23. The summed E-state index contributed by atoms with van der Waals surface area (Å²) < 4.78 is 0. The molecule has 4 heteroatoms. The summed E-state index contributed by atoms with van der Waals surface area (Å²) in [5.74, 6) is 0. The van der Waals surface area contributed by atoms with Crippen LogP contribution in [0.3, 0.4) is 0 Å². The van der Waals surface area contributed by atoms with Crippen LogP contribution in [0.25, 0.3) is 0 Å². The molecule has 1 N–H and O–H groups in total. The molecule has 0 aliphatic carbocycles. The highest BCUT2D eigenvalue weighted by Gasteiger charge is 2.30. The molecular formula is C17H27N3O. The Morgan fingerprint density at radius 2 is 1.76 bits per heavy atom. The van der Waals surface area contributed by atoms with Crippen molar-refractivity contribution in [1.29, 1.82) is 0 Å². The minimum absolute atomic E-state index is 0.323. The van der Waals surface area contributed by atoms with Crippen LogP contribution < -0.4 is 0 Å². The van der Waals surface area contributed by atoms with E-state index in [-0.39, 0.29) is 0 Å². The maximum Gasteiger partial charge on any atom is 0.0586 e. The molecule has 2 aliphatic rings. The van der Waals surface area contributed by atoms with Gasteiger partial charge in [-0.05, 0) is 62.9 Å². The number of aromatic nitrogens is 1. The number of nitrogens with zero attached hydrogens (tertiary/aromatic N) is 3. The minimum atomic E-state index is 0.323. The molecule has 2 unspecified atom stereocenters. The molecule has 4 nitrogen and oxygen atoms in total. The van der Waals surface area contributed by atoms with Crippen molar-refractivity contribution in [3.05, 3.63) is 30.1 Å². The van der Waals surface area contributed by atoms with E-state index in [0.29, 0.717) is 18.7 Å². The summed E-state index contributed by atoms with van der Waals surface area (Å²) in [5.41, 5.74) is 1.38. The van der Waals surface area contributed by atoms with Gasteiger partial charge in [-0.25, -0.2) is 0 Å². The summed E-state index contributed by atoms with van der Waals surface area (Å²) in [7, 11) is 0. The van der Waals surface area contributed by atoms with Gasteiger partial charge in [0.2, 0.25) is 0 Å². The highest BCUT2D eigenvalue weighted by molar-refractivity contribution is 5.10. The third-order valence-electron chi connectivity index (χ3n) is 5.09. The van der Waals surface area contributed by atoms with Crippen molar-refractivity contribution in [3.8, 4) is 0 Å². The van der Waals surface area contributed by atoms with E-state index in [1.54, 1.807) is 0 Å². The number of hydrogen-bond donors (Lipinski definition) is 1. The molecule has 1 aromatic rings. The van der Waals surface area contributed by atoms with E-state index in [1.165, 1.54) is 44.3 Å². The summed E-state index contributed by atoms with van der Waals surface area (Å²) in [4.78, 5) is 9.24. The Morgan fingerprint density at radius 3 is 2.52 bits per heavy atom. The Balaban J connectivity index is 1.51. The SMILES string of the molecule is OCC1CCCN1CC1CCCN1CCc1ccncc1. The van der Waals surface area contributed by atoms with Crippen LogP contribution in [0.5, 0.6) is 0 Å². The molecule has 2 atom stereocenters. The van der Waals surface area contributed by atoms with Crippen LogP contribution in [0.2, 0.25) is 0 Å². The average molecular weight is 289 g/mol. The van der Waals surface area contributed by atoms with Gasteiger partial charge in [-0.1, -0.05) is 0 Å². The second kappa shape index (κ2) is 7.34. The third-order valence-corrected chi connectivity index (χ3v) is 5.09. The predicted molar refractivity (Wildman–Crippen MR) is 84.2 cm³/mol. The minimum Gasteiger partial charge on any atom is -0.395 e. The van der Waals surface area contributed by atoms with Crippen LogP contribution in [-0.2, 0) is 6.42 Å². The Kier molecular flexibility index (Phi) is 5.22. The summed E-state index contributed by atoms with van der Waals surface area (Å²) in [6, 6.07) is 5.33. The zero-order chi connectivity index (χ0) is 14.5. The fourth-order valence-corrected chi connectivity index (χ4v) is 3.83. The van der Waals surface area contributed by atoms with Crippen molar-refractivity contribution >= 4 is 0 Å². The molecule has 0 amide bonds. The largest absolute Gasteiger partial charge is 0.395 e. The Morgan fingerprint density at radius 1 is 1.05 bits per heavy atom. The molecule has 3 rings (SSSR count). The van der Waals surface area contributed by atoms with Gasteiger partial charge < -0.3 is 5.11 Å². The molecule has 21 heavy (non-hydrogen) atoms. The molecule has 0 bridgehead atoms. The lowest BCUT2D eigenvalue weighted by Gasteiger charge is -2.31. The summed E-state index contributed by atoms with van der Waals surface area (Å²) in [5, 5.41) is 9.47. The molecule has 116 valence electrons. The zero-order valence-corrected chi connectivity index (χ0v) is 12.8. The number of aliphatic hydroxyl groups is 1. The van der Waals surface area contributed by atoms with Crippen LogP contribution in [0.1, 0.15) is 31.2 Å². The van der Waals surface area contributed by atoms with E-state index in [1.807, 2.05) is 12.4 Å². The van der Waals surface area contributed by atoms with Crippen molar-refractivity contribution in [1.82, 2.24) is 14.8 Å². The Bertz CT molecular complexity index is 425. The van der Waals surface area contributed by atoms with Crippen molar-refractivity contribution in [2.45, 2.75) is 44.2 Å². The van der Waals surface area contributed by atoms with Crippen molar-refractivity contribution in [2.75, 3.05) is 32.8 Å². The van der Waals surface area contributed by atoms with Gasteiger partial charge in [0.1, 0.15) is 0 Å². The van der Waals surface area contributed by atoms with Gasteiger partial charge in [0.25, 0.3) is 0 Å². The molecule has 1 aromatic heterocycles. The molecule has 2 fully saturated rings. The molecule has 2 saturated heterocycles. The number of rotatable bonds is 6. The van der Waals surface area contributed by atoms with Gasteiger partial charge in [-0.3, -0.25) is 14.8 Å². The van der Waals surface area contributed by atoms with Gasteiger partial charge in [0, 0.05) is 37.6 Å². The van der Waals surface area contributed by atoms with Gasteiger partial charge >= 0.3 is 0 Å². The lowest BCUT2D eigenvalue weighted by Crippen LogP contribution is -2.43. The van der Waals surface area contributed by atoms with Gasteiger partial charge in [-0.2, -0.15) is 0 Å². The molecular weight excluding hydrogens is 262 g/mol. The molecule has 0 saturated carbocycles. The number of hydrogen-bond acceptors (Lipinski definition) is 4.